The lowest BCUT2D eigenvalue weighted by atomic mass is 10.1. The molecule has 0 N–H and O–H groups in total. The zero-order chi connectivity index (χ0) is 27.2. The molecule has 0 fully saturated rings. The second-order valence-corrected chi connectivity index (χ2v) is 9.38. The maximum absolute atomic E-state index is 13.8. The molecule has 0 saturated carbocycles. The normalized spacial score (nSPS) is 11.4. The number of rotatable bonds is 6. The third-order valence-electron chi connectivity index (χ3n) is 6.77. The van der Waals surface area contributed by atoms with Crippen LogP contribution in [0.3, 0.4) is 0 Å². The standard InChI is InChI=1S/C29H23N9O2/c1-19-4-3-5-26(33-19)38-28(21-8-11-25-30-18-32-37(25)16-21)24-12-13-36(29(39)27(24)34-38)22-14-31-35(17-22)15-20-6-9-23(40-2)10-7-20/h3-14,16-18H,15H2,1-2H3. The Kier molecular flexibility index (Phi) is 5.48. The van der Waals surface area contributed by atoms with E-state index in [4.69, 9.17) is 9.84 Å². The Morgan fingerprint density at radius 1 is 0.950 bits per heavy atom. The Morgan fingerprint density at radius 2 is 1.82 bits per heavy atom. The van der Waals surface area contributed by atoms with E-state index in [1.807, 2.05) is 80.0 Å². The second-order valence-electron chi connectivity index (χ2n) is 9.38. The van der Waals surface area contributed by atoms with Gasteiger partial charge in [0.1, 0.15) is 12.1 Å². The molecule has 7 aromatic rings. The summed E-state index contributed by atoms with van der Waals surface area (Å²) >= 11 is 0. The predicted octanol–water partition coefficient (Wildman–Crippen LogP) is 3.84. The highest BCUT2D eigenvalue weighted by Crippen LogP contribution is 2.30. The lowest BCUT2D eigenvalue weighted by Crippen LogP contribution is -2.17. The van der Waals surface area contributed by atoms with Gasteiger partial charge >= 0.3 is 0 Å². The predicted molar refractivity (Wildman–Crippen MR) is 149 cm³/mol. The van der Waals surface area contributed by atoms with Crippen LogP contribution in [-0.2, 0) is 6.54 Å². The monoisotopic (exact) mass is 529 g/mol. The molecular weight excluding hydrogens is 506 g/mol. The molecule has 6 aromatic heterocycles. The molecule has 0 aliphatic heterocycles. The number of fused-ring (bicyclic) bond motifs is 2. The molecule has 0 spiro atoms. The molecular formula is C29H23N9O2. The van der Waals surface area contributed by atoms with Gasteiger partial charge in [-0.3, -0.25) is 14.0 Å². The van der Waals surface area contributed by atoms with Gasteiger partial charge in [0.25, 0.3) is 5.56 Å². The largest absolute Gasteiger partial charge is 0.497 e. The van der Waals surface area contributed by atoms with Crippen molar-refractivity contribution in [3.8, 4) is 28.5 Å². The first-order valence-electron chi connectivity index (χ1n) is 12.6. The molecule has 0 amide bonds. The van der Waals surface area contributed by atoms with Crippen molar-refractivity contribution in [2.24, 2.45) is 0 Å². The van der Waals surface area contributed by atoms with E-state index >= 15 is 0 Å². The number of hydrogen-bond acceptors (Lipinski definition) is 7. The van der Waals surface area contributed by atoms with Crippen molar-refractivity contribution in [1.29, 1.82) is 0 Å². The van der Waals surface area contributed by atoms with Crippen molar-refractivity contribution in [2.45, 2.75) is 13.5 Å². The molecule has 6 heterocycles. The maximum atomic E-state index is 13.8. The minimum atomic E-state index is -0.254. The zero-order valence-corrected chi connectivity index (χ0v) is 21.7. The molecule has 1 aromatic carbocycles. The fourth-order valence-corrected chi connectivity index (χ4v) is 4.81. The average Bonchev–Trinajstić information content (AvgIpc) is 3.72. The van der Waals surface area contributed by atoms with Crippen LogP contribution >= 0.6 is 0 Å². The van der Waals surface area contributed by atoms with E-state index in [0.717, 1.165) is 33.9 Å². The summed E-state index contributed by atoms with van der Waals surface area (Å²) in [6.07, 6.45) is 8.65. The molecule has 11 heteroatoms. The number of hydrogen-bond donors (Lipinski definition) is 0. The first kappa shape index (κ1) is 23.5. The van der Waals surface area contributed by atoms with Gasteiger partial charge in [0, 0.05) is 35.2 Å². The molecule has 0 aliphatic carbocycles. The Balaban J connectivity index is 1.34. The van der Waals surface area contributed by atoms with E-state index in [2.05, 4.69) is 20.2 Å². The lowest BCUT2D eigenvalue weighted by Gasteiger charge is -2.08. The summed E-state index contributed by atoms with van der Waals surface area (Å²) < 4.78 is 12.0. The van der Waals surface area contributed by atoms with Crippen LogP contribution in [-0.4, -0.2) is 50.8 Å². The van der Waals surface area contributed by atoms with Crippen molar-refractivity contribution < 1.29 is 4.74 Å². The van der Waals surface area contributed by atoms with E-state index in [-0.39, 0.29) is 5.56 Å². The molecule has 0 atom stereocenters. The van der Waals surface area contributed by atoms with Crippen molar-refractivity contribution in [3.63, 3.8) is 0 Å². The molecule has 196 valence electrons. The third kappa shape index (κ3) is 4.00. The van der Waals surface area contributed by atoms with Gasteiger partial charge in [-0.15, -0.1) is 0 Å². The van der Waals surface area contributed by atoms with Crippen LogP contribution in [0.2, 0.25) is 0 Å². The summed E-state index contributed by atoms with van der Waals surface area (Å²) in [5, 5.41) is 14.2. The van der Waals surface area contributed by atoms with Gasteiger partial charge in [0.2, 0.25) is 0 Å². The number of methoxy groups -OCH3 is 1. The van der Waals surface area contributed by atoms with Gasteiger partial charge in [-0.25, -0.2) is 19.2 Å². The number of aromatic nitrogens is 9. The topological polar surface area (TPSA) is 110 Å². The first-order chi connectivity index (χ1) is 19.6. The summed E-state index contributed by atoms with van der Waals surface area (Å²) in [6, 6.07) is 19.2. The van der Waals surface area contributed by atoms with E-state index in [1.54, 1.807) is 37.9 Å². The summed E-state index contributed by atoms with van der Waals surface area (Å²) in [7, 11) is 1.64. The summed E-state index contributed by atoms with van der Waals surface area (Å²) in [6.45, 7) is 2.48. The molecule has 0 saturated heterocycles. The van der Waals surface area contributed by atoms with Gasteiger partial charge in [-0.1, -0.05) is 18.2 Å². The SMILES string of the molecule is COc1ccc(Cn2cc(-n3ccc4c(-c5ccc6ncnn6c5)n(-c5cccc(C)n5)nc4c3=O)cn2)cc1. The van der Waals surface area contributed by atoms with Gasteiger partial charge < -0.3 is 4.74 Å². The summed E-state index contributed by atoms with van der Waals surface area (Å²) in [4.78, 5) is 22.7. The molecule has 0 unspecified atom stereocenters. The summed E-state index contributed by atoms with van der Waals surface area (Å²) in [5.74, 6) is 1.41. The molecule has 40 heavy (non-hydrogen) atoms. The van der Waals surface area contributed by atoms with Gasteiger partial charge in [-0.05, 0) is 55.0 Å². The fraction of sp³-hybridized carbons (Fsp3) is 0.103. The van der Waals surface area contributed by atoms with Crippen molar-refractivity contribution in [2.75, 3.05) is 7.11 Å². The minimum Gasteiger partial charge on any atom is -0.497 e. The van der Waals surface area contributed by atoms with E-state index in [1.165, 1.54) is 6.33 Å². The number of ether oxygens (including phenoxy) is 1. The van der Waals surface area contributed by atoms with Crippen LogP contribution in [0.1, 0.15) is 11.3 Å². The van der Waals surface area contributed by atoms with E-state index in [9.17, 15) is 4.79 Å². The van der Waals surface area contributed by atoms with E-state index in [0.29, 0.717) is 29.0 Å². The van der Waals surface area contributed by atoms with Crippen molar-refractivity contribution in [1.82, 2.24) is 43.7 Å². The Labute approximate surface area is 227 Å². The summed E-state index contributed by atoms with van der Waals surface area (Å²) in [5.41, 5.74) is 4.92. The van der Waals surface area contributed by atoms with Crippen LogP contribution < -0.4 is 10.3 Å². The van der Waals surface area contributed by atoms with Gasteiger partial charge in [0.05, 0.1) is 31.2 Å². The average molecular weight is 530 g/mol. The van der Waals surface area contributed by atoms with Crippen LogP contribution in [0.5, 0.6) is 5.75 Å². The fourth-order valence-electron chi connectivity index (χ4n) is 4.81. The highest BCUT2D eigenvalue weighted by atomic mass is 16.5. The van der Waals surface area contributed by atoms with Crippen molar-refractivity contribution in [3.05, 3.63) is 113 Å². The van der Waals surface area contributed by atoms with E-state index < -0.39 is 0 Å². The molecule has 0 bridgehead atoms. The first-order valence-corrected chi connectivity index (χ1v) is 12.6. The zero-order valence-electron chi connectivity index (χ0n) is 21.7. The van der Waals surface area contributed by atoms with Crippen molar-refractivity contribution >= 4 is 16.6 Å². The Bertz CT molecular complexity index is 2070. The van der Waals surface area contributed by atoms with Crippen LogP contribution in [0.25, 0.3) is 39.3 Å². The number of benzene rings is 1. The lowest BCUT2D eigenvalue weighted by molar-refractivity contribution is 0.414. The third-order valence-corrected chi connectivity index (χ3v) is 6.77. The Morgan fingerprint density at radius 3 is 2.65 bits per heavy atom. The highest BCUT2D eigenvalue weighted by Gasteiger charge is 2.20. The second kappa shape index (κ2) is 9.31. The molecule has 11 nitrogen and oxygen atoms in total. The van der Waals surface area contributed by atoms with Gasteiger partial charge in [-0.2, -0.15) is 15.3 Å². The van der Waals surface area contributed by atoms with Crippen LogP contribution in [0.4, 0.5) is 0 Å². The van der Waals surface area contributed by atoms with Gasteiger partial charge in [0.15, 0.2) is 17.0 Å². The molecule has 0 aliphatic rings. The minimum absolute atomic E-state index is 0.254. The molecule has 0 radical (unpaired) electrons. The number of nitrogens with zero attached hydrogens (tertiary/aromatic N) is 9. The quantitative estimate of drug-likeness (QED) is 0.322. The smallest absolute Gasteiger partial charge is 0.283 e. The van der Waals surface area contributed by atoms with Crippen LogP contribution in [0.15, 0.2) is 96.6 Å². The van der Waals surface area contributed by atoms with Crippen LogP contribution in [0, 0.1) is 6.92 Å². The Hall–Kier alpha value is -5.58. The number of aryl methyl sites for hydroxylation is 1. The highest BCUT2D eigenvalue weighted by molar-refractivity contribution is 5.93. The molecule has 7 rings (SSSR count). The number of pyridine rings is 3. The maximum Gasteiger partial charge on any atom is 0.283 e.